The summed E-state index contributed by atoms with van der Waals surface area (Å²) in [5.74, 6) is 0.958. The molecule has 0 radical (unpaired) electrons. The number of benzene rings is 1. The van der Waals surface area contributed by atoms with Gasteiger partial charge in [-0.3, -0.25) is 0 Å². The van der Waals surface area contributed by atoms with E-state index in [0.717, 1.165) is 26.4 Å². The second-order valence-corrected chi connectivity index (χ2v) is 9.55. The minimum absolute atomic E-state index is 0.817. The first-order valence-corrected chi connectivity index (χ1v) is 10.9. The van der Waals surface area contributed by atoms with Crippen molar-refractivity contribution < 1.29 is 4.74 Å². The Hall–Kier alpha value is -0.580. The van der Waals surface area contributed by atoms with E-state index in [1.807, 2.05) is 0 Å². The first-order valence-electron chi connectivity index (χ1n) is 8.55. The van der Waals surface area contributed by atoms with E-state index in [1.165, 1.54) is 43.2 Å². The minimum atomic E-state index is 0.817. The van der Waals surface area contributed by atoms with Crippen molar-refractivity contribution in [2.75, 3.05) is 6.61 Å². The van der Waals surface area contributed by atoms with Gasteiger partial charge < -0.3 is 4.74 Å². The summed E-state index contributed by atoms with van der Waals surface area (Å²) in [6.45, 7) is 3.07. The Kier molecular flexibility index (Phi) is 9.14. The Bertz CT molecular complexity index is 632. The molecule has 0 amide bonds. The highest BCUT2D eigenvalue weighted by Gasteiger charge is 2.01. The van der Waals surface area contributed by atoms with Crippen LogP contribution in [-0.2, 0) is 0 Å². The summed E-state index contributed by atoms with van der Waals surface area (Å²) in [6, 6.07) is 10.4. The lowest BCUT2D eigenvalue weighted by Crippen LogP contribution is -1.97. The van der Waals surface area contributed by atoms with Gasteiger partial charge in [0.1, 0.15) is 5.75 Å². The molecule has 4 heteroatoms. The van der Waals surface area contributed by atoms with E-state index in [4.69, 9.17) is 4.74 Å². The van der Waals surface area contributed by atoms with Gasteiger partial charge in [-0.05, 0) is 62.0 Å². The van der Waals surface area contributed by atoms with Crippen LogP contribution in [0.1, 0.15) is 56.6 Å². The summed E-state index contributed by atoms with van der Waals surface area (Å²) in [5, 5.41) is 0. The van der Waals surface area contributed by atoms with Gasteiger partial charge in [-0.15, -0.1) is 11.3 Å². The van der Waals surface area contributed by atoms with Gasteiger partial charge in [0.25, 0.3) is 0 Å². The Morgan fingerprint density at radius 3 is 2.33 bits per heavy atom. The zero-order chi connectivity index (χ0) is 17.2. The van der Waals surface area contributed by atoms with E-state index in [0.29, 0.717) is 0 Å². The minimum Gasteiger partial charge on any atom is -0.494 e. The third-order valence-electron chi connectivity index (χ3n) is 3.79. The molecule has 2 rings (SSSR count). The highest BCUT2D eigenvalue weighted by atomic mass is 79.9. The molecule has 0 aliphatic heterocycles. The molecule has 0 saturated heterocycles. The Balaban J connectivity index is 1.73. The standard InChI is InChI=1S/C20H24Br2OS/c1-2-3-4-5-6-7-14-23-18-12-9-16(10-13-18)8-11-17-15-19(21)24-20(17)22/h8-13,15H,2-7,14H2,1H3/b11-8+. The summed E-state index contributed by atoms with van der Waals surface area (Å²) in [4.78, 5) is 0. The van der Waals surface area contributed by atoms with Crippen molar-refractivity contribution in [3.8, 4) is 5.75 Å². The van der Waals surface area contributed by atoms with E-state index in [9.17, 15) is 0 Å². The van der Waals surface area contributed by atoms with Crippen LogP contribution in [-0.4, -0.2) is 6.61 Å². The average molecular weight is 472 g/mol. The van der Waals surface area contributed by atoms with Gasteiger partial charge in [-0.1, -0.05) is 63.3 Å². The Labute approximate surface area is 166 Å². The van der Waals surface area contributed by atoms with E-state index in [2.05, 4.69) is 81.3 Å². The molecule has 0 atom stereocenters. The molecule has 0 N–H and O–H groups in total. The molecule has 0 spiro atoms. The molecule has 130 valence electrons. The third kappa shape index (κ3) is 7.12. The van der Waals surface area contributed by atoms with Crippen molar-refractivity contribution in [3.05, 3.63) is 49.0 Å². The van der Waals surface area contributed by atoms with Crippen LogP contribution in [0.5, 0.6) is 5.75 Å². The lowest BCUT2D eigenvalue weighted by Gasteiger charge is -2.06. The van der Waals surface area contributed by atoms with Crippen molar-refractivity contribution in [1.82, 2.24) is 0 Å². The Morgan fingerprint density at radius 2 is 1.67 bits per heavy atom. The quantitative estimate of drug-likeness (QED) is 0.317. The molecule has 0 aliphatic carbocycles. The molecule has 0 aliphatic rings. The molecule has 1 heterocycles. The van der Waals surface area contributed by atoms with Crippen molar-refractivity contribution in [1.29, 1.82) is 0 Å². The van der Waals surface area contributed by atoms with Crippen LogP contribution in [0, 0.1) is 0 Å². The van der Waals surface area contributed by atoms with Gasteiger partial charge in [-0.2, -0.15) is 0 Å². The number of halogens is 2. The maximum absolute atomic E-state index is 5.82. The lowest BCUT2D eigenvalue weighted by molar-refractivity contribution is 0.304. The summed E-state index contributed by atoms with van der Waals surface area (Å²) >= 11 is 8.76. The van der Waals surface area contributed by atoms with Gasteiger partial charge >= 0.3 is 0 Å². The van der Waals surface area contributed by atoms with Crippen molar-refractivity contribution >= 4 is 55.3 Å². The fourth-order valence-corrected chi connectivity index (χ4v) is 5.16. The van der Waals surface area contributed by atoms with Crippen LogP contribution in [0.25, 0.3) is 12.2 Å². The maximum atomic E-state index is 5.82. The van der Waals surface area contributed by atoms with Crippen LogP contribution in [0.2, 0.25) is 0 Å². The SMILES string of the molecule is CCCCCCCCOc1ccc(/C=C/c2cc(Br)sc2Br)cc1. The highest BCUT2D eigenvalue weighted by Crippen LogP contribution is 2.33. The fourth-order valence-electron chi connectivity index (χ4n) is 2.40. The van der Waals surface area contributed by atoms with Gasteiger partial charge in [-0.25, -0.2) is 0 Å². The van der Waals surface area contributed by atoms with Crippen molar-refractivity contribution in [3.63, 3.8) is 0 Å². The zero-order valence-electron chi connectivity index (χ0n) is 14.1. The molecule has 2 aromatic rings. The largest absolute Gasteiger partial charge is 0.494 e. The smallest absolute Gasteiger partial charge is 0.119 e. The van der Waals surface area contributed by atoms with E-state index in [1.54, 1.807) is 11.3 Å². The normalized spacial score (nSPS) is 11.3. The highest BCUT2D eigenvalue weighted by molar-refractivity contribution is 9.12. The first-order chi connectivity index (χ1) is 11.7. The van der Waals surface area contributed by atoms with Crippen LogP contribution < -0.4 is 4.74 Å². The summed E-state index contributed by atoms with van der Waals surface area (Å²) in [7, 11) is 0. The molecule has 1 nitrogen and oxygen atoms in total. The fraction of sp³-hybridized carbons (Fsp3) is 0.400. The van der Waals surface area contributed by atoms with E-state index < -0.39 is 0 Å². The second kappa shape index (κ2) is 11.1. The summed E-state index contributed by atoms with van der Waals surface area (Å²) in [5.41, 5.74) is 2.37. The van der Waals surface area contributed by atoms with Crippen molar-refractivity contribution in [2.24, 2.45) is 0 Å². The van der Waals surface area contributed by atoms with Crippen LogP contribution in [0.15, 0.2) is 37.9 Å². The number of hydrogen-bond donors (Lipinski definition) is 0. The number of unbranched alkanes of at least 4 members (excludes halogenated alkanes) is 5. The number of thiophene rings is 1. The lowest BCUT2D eigenvalue weighted by atomic mass is 10.1. The molecular weight excluding hydrogens is 448 g/mol. The van der Waals surface area contributed by atoms with Gasteiger partial charge in [0, 0.05) is 5.56 Å². The third-order valence-corrected chi connectivity index (χ3v) is 6.17. The summed E-state index contributed by atoms with van der Waals surface area (Å²) < 4.78 is 8.09. The van der Waals surface area contributed by atoms with Crippen molar-refractivity contribution in [2.45, 2.75) is 45.4 Å². The zero-order valence-corrected chi connectivity index (χ0v) is 18.1. The molecule has 24 heavy (non-hydrogen) atoms. The number of hydrogen-bond acceptors (Lipinski definition) is 2. The molecule has 0 unspecified atom stereocenters. The van der Waals surface area contributed by atoms with E-state index >= 15 is 0 Å². The van der Waals surface area contributed by atoms with Crippen LogP contribution in [0.3, 0.4) is 0 Å². The predicted molar refractivity (Wildman–Crippen MR) is 114 cm³/mol. The molecule has 1 aromatic heterocycles. The molecular formula is C20H24Br2OS. The van der Waals surface area contributed by atoms with Crippen LogP contribution in [0.4, 0.5) is 0 Å². The predicted octanol–water partition coefficient (Wildman–Crippen LogP) is 8.18. The monoisotopic (exact) mass is 470 g/mol. The van der Waals surface area contributed by atoms with Crippen LogP contribution >= 0.6 is 43.2 Å². The topological polar surface area (TPSA) is 9.23 Å². The number of ether oxygens (including phenoxy) is 1. The molecule has 0 bridgehead atoms. The van der Waals surface area contributed by atoms with Gasteiger partial charge in [0.2, 0.25) is 0 Å². The average Bonchev–Trinajstić information content (AvgIpc) is 2.91. The summed E-state index contributed by atoms with van der Waals surface area (Å²) in [6.07, 6.45) is 12.0. The molecule has 0 fully saturated rings. The van der Waals surface area contributed by atoms with Gasteiger partial charge in [0.05, 0.1) is 14.2 Å². The van der Waals surface area contributed by atoms with E-state index in [-0.39, 0.29) is 0 Å². The first kappa shape index (κ1) is 19.7. The molecule has 1 aromatic carbocycles. The maximum Gasteiger partial charge on any atom is 0.119 e. The van der Waals surface area contributed by atoms with Gasteiger partial charge in [0.15, 0.2) is 0 Å². The Morgan fingerprint density at radius 1 is 0.958 bits per heavy atom. The second-order valence-electron chi connectivity index (χ2n) is 5.80. The molecule has 0 saturated carbocycles. The number of rotatable bonds is 10.